The topological polar surface area (TPSA) is 81.8 Å². The van der Waals surface area contributed by atoms with Gasteiger partial charge in [-0.3, -0.25) is 0 Å². The van der Waals surface area contributed by atoms with Gasteiger partial charge in [0.25, 0.3) is 0 Å². The lowest BCUT2D eigenvalue weighted by Gasteiger charge is -2.10. The molecule has 1 aromatic heterocycles. The van der Waals surface area contributed by atoms with Crippen LogP contribution in [0.25, 0.3) is 11.3 Å². The summed E-state index contributed by atoms with van der Waals surface area (Å²) in [7, 11) is 0. The molecule has 6 nitrogen and oxygen atoms in total. The zero-order chi connectivity index (χ0) is 14.1. The number of rotatable bonds is 2. The van der Waals surface area contributed by atoms with E-state index in [1.807, 2.05) is 0 Å². The predicted molar refractivity (Wildman–Crippen MR) is 69.5 cm³/mol. The summed E-state index contributed by atoms with van der Waals surface area (Å²) in [5, 5.41) is 12.7. The van der Waals surface area contributed by atoms with Gasteiger partial charge in [0.15, 0.2) is 23.0 Å². The van der Waals surface area contributed by atoms with Gasteiger partial charge in [0.05, 0.1) is 18.2 Å². The van der Waals surface area contributed by atoms with Gasteiger partial charge < -0.3 is 19.1 Å². The fourth-order valence-electron chi connectivity index (χ4n) is 1.89. The summed E-state index contributed by atoms with van der Waals surface area (Å²) in [6.45, 7) is 1.07. The highest BCUT2D eigenvalue weighted by molar-refractivity contribution is 6.32. The maximum atomic E-state index is 10.8. The van der Waals surface area contributed by atoms with Crippen molar-refractivity contribution in [2.45, 2.75) is 6.42 Å². The molecule has 0 fully saturated rings. The Morgan fingerprint density at radius 1 is 1.25 bits per heavy atom. The number of fused-ring (bicyclic) bond motifs is 1. The van der Waals surface area contributed by atoms with Gasteiger partial charge in [-0.05, 0) is 12.1 Å². The fourth-order valence-corrected chi connectivity index (χ4v) is 2.15. The van der Waals surface area contributed by atoms with Crippen molar-refractivity contribution in [1.82, 2.24) is 5.16 Å². The molecule has 1 aliphatic rings. The SMILES string of the molecule is O=C(O)c1cc(-c2cc(Cl)c3c(c2)OCCCO3)on1. The van der Waals surface area contributed by atoms with Gasteiger partial charge in [0.1, 0.15) is 0 Å². The second-order valence-electron chi connectivity index (χ2n) is 4.22. The Morgan fingerprint density at radius 3 is 2.80 bits per heavy atom. The largest absolute Gasteiger partial charge is 0.489 e. The van der Waals surface area contributed by atoms with Crippen LogP contribution in [0.1, 0.15) is 16.9 Å². The summed E-state index contributed by atoms with van der Waals surface area (Å²) in [5.41, 5.74) is 0.419. The van der Waals surface area contributed by atoms with Crippen molar-refractivity contribution in [3.05, 3.63) is 28.9 Å². The number of ether oxygens (including phenoxy) is 2. The minimum Gasteiger partial charge on any atom is -0.489 e. The first kappa shape index (κ1) is 12.8. The van der Waals surface area contributed by atoms with Crippen molar-refractivity contribution in [2.75, 3.05) is 13.2 Å². The van der Waals surface area contributed by atoms with Crippen molar-refractivity contribution in [1.29, 1.82) is 0 Å². The van der Waals surface area contributed by atoms with E-state index in [0.717, 1.165) is 6.42 Å². The van der Waals surface area contributed by atoms with Crippen molar-refractivity contribution in [3.63, 3.8) is 0 Å². The lowest BCUT2D eigenvalue weighted by molar-refractivity contribution is 0.0686. The van der Waals surface area contributed by atoms with E-state index in [1.165, 1.54) is 6.07 Å². The Hall–Kier alpha value is -2.21. The molecule has 20 heavy (non-hydrogen) atoms. The van der Waals surface area contributed by atoms with Gasteiger partial charge in [-0.15, -0.1) is 0 Å². The number of hydrogen-bond acceptors (Lipinski definition) is 5. The number of carbonyl (C=O) groups is 1. The number of carboxylic acids is 1. The molecule has 0 saturated carbocycles. The molecule has 0 saturated heterocycles. The van der Waals surface area contributed by atoms with Crippen molar-refractivity contribution in [2.24, 2.45) is 0 Å². The summed E-state index contributed by atoms with van der Waals surface area (Å²) in [5.74, 6) is 0.157. The Bertz CT molecular complexity index is 667. The molecule has 2 aromatic rings. The van der Waals surface area contributed by atoms with Gasteiger partial charge in [0, 0.05) is 18.1 Å². The zero-order valence-corrected chi connectivity index (χ0v) is 11.0. The number of carboxylic acid groups (broad SMARTS) is 1. The maximum Gasteiger partial charge on any atom is 0.358 e. The molecule has 0 radical (unpaired) electrons. The van der Waals surface area contributed by atoms with Crippen LogP contribution < -0.4 is 9.47 Å². The van der Waals surface area contributed by atoms with Crippen LogP contribution in [-0.2, 0) is 0 Å². The second-order valence-corrected chi connectivity index (χ2v) is 4.62. The van der Waals surface area contributed by atoms with Crippen LogP contribution >= 0.6 is 11.6 Å². The molecule has 1 N–H and O–H groups in total. The summed E-state index contributed by atoms with van der Waals surface area (Å²) >= 11 is 6.16. The molecule has 1 aromatic carbocycles. The minimum atomic E-state index is -1.15. The Kier molecular flexibility index (Phi) is 3.23. The lowest BCUT2D eigenvalue weighted by atomic mass is 10.1. The molecule has 0 spiro atoms. The van der Waals surface area contributed by atoms with Crippen molar-refractivity contribution < 1.29 is 23.9 Å². The number of nitrogens with zero attached hydrogens (tertiary/aromatic N) is 1. The molecule has 3 rings (SSSR count). The first-order valence-electron chi connectivity index (χ1n) is 5.94. The quantitative estimate of drug-likeness (QED) is 0.917. The van der Waals surface area contributed by atoms with Crippen LogP contribution in [0.15, 0.2) is 22.7 Å². The summed E-state index contributed by atoms with van der Waals surface area (Å²) in [6.07, 6.45) is 0.770. The third kappa shape index (κ3) is 2.30. The minimum absolute atomic E-state index is 0.164. The van der Waals surface area contributed by atoms with E-state index in [2.05, 4.69) is 5.16 Å². The monoisotopic (exact) mass is 295 g/mol. The van der Waals surface area contributed by atoms with Gasteiger partial charge in [-0.1, -0.05) is 16.8 Å². The van der Waals surface area contributed by atoms with Gasteiger partial charge in [-0.2, -0.15) is 0 Å². The molecular weight excluding hydrogens is 286 g/mol. The third-order valence-corrected chi connectivity index (χ3v) is 3.10. The smallest absolute Gasteiger partial charge is 0.358 e. The molecule has 0 bridgehead atoms. The van der Waals surface area contributed by atoms with E-state index in [0.29, 0.717) is 41.1 Å². The molecule has 104 valence electrons. The van der Waals surface area contributed by atoms with Crippen LogP contribution in [0.2, 0.25) is 5.02 Å². The predicted octanol–water partition coefficient (Wildman–Crippen LogP) is 2.85. The second kappa shape index (κ2) is 5.05. The van der Waals surface area contributed by atoms with E-state index < -0.39 is 5.97 Å². The first-order valence-corrected chi connectivity index (χ1v) is 6.32. The Balaban J connectivity index is 2.03. The highest BCUT2D eigenvalue weighted by Crippen LogP contribution is 2.40. The van der Waals surface area contributed by atoms with Gasteiger partial charge in [-0.25, -0.2) is 4.79 Å². The van der Waals surface area contributed by atoms with Crippen LogP contribution in [0, 0.1) is 0 Å². The molecule has 7 heteroatoms. The van der Waals surface area contributed by atoms with Crippen molar-refractivity contribution in [3.8, 4) is 22.8 Å². The number of aromatic nitrogens is 1. The van der Waals surface area contributed by atoms with E-state index in [-0.39, 0.29) is 5.69 Å². The summed E-state index contributed by atoms with van der Waals surface area (Å²) in [6, 6.07) is 4.65. The van der Waals surface area contributed by atoms with Crippen LogP contribution in [0.5, 0.6) is 11.5 Å². The fraction of sp³-hybridized carbons (Fsp3) is 0.231. The molecule has 0 amide bonds. The van der Waals surface area contributed by atoms with E-state index in [1.54, 1.807) is 12.1 Å². The maximum absolute atomic E-state index is 10.8. The molecular formula is C13H10ClNO5. The normalized spacial score (nSPS) is 13.8. The Labute approximate surface area is 118 Å². The van der Waals surface area contributed by atoms with E-state index in [4.69, 9.17) is 30.7 Å². The average molecular weight is 296 g/mol. The average Bonchev–Trinajstić information content (AvgIpc) is 2.79. The molecule has 2 heterocycles. The third-order valence-electron chi connectivity index (χ3n) is 2.82. The number of hydrogen-bond donors (Lipinski definition) is 1. The van der Waals surface area contributed by atoms with E-state index in [9.17, 15) is 4.79 Å². The molecule has 1 aliphatic heterocycles. The number of halogens is 1. The van der Waals surface area contributed by atoms with Crippen LogP contribution in [0.4, 0.5) is 0 Å². The van der Waals surface area contributed by atoms with Crippen LogP contribution in [-0.4, -0.2) is 29.4 Å². The molecule has 0 unspecified atom stereocenters. The number of benzene rings is 1. The number of aromatic carboxylic acids is 1. The zero-order valence-electron chi connectivity index (χ0n) is 10.3. The molecule has 0 atom stereocenters. The Morgan fingerprint density at radius 2 is 2.05 bits per heavy atom. The van der Waals surface area contributed by atoms with Crippen LogP contribution in [0.3, 0.4) is 0 Å². The first-order chi connectivity index (χ1) is 9.65. The highest BCUT2D eigenvalue weighted by atomic mass is 35.5. The van der Waals surface area contributed by atoms with Gasteiger partial charge in [0.2, 0.25) is 0 Å². The highest BCUT2D eigenvalue weighted by Gasteiger charge is 2.19. The van der Waals surface area contributed by atoms with Crippen molar-refractivity contribution >= 4 is 17.6 Å². The molecule has 0 aliphatic carbocycles. The van der Waals surface area contributed by atoms with E-state index >= 15 is 0 Å². The standard InChI is InChI=1S/C13H10ClNO5/c14-8-4-7(10-6-9(13(16)17)15-20-10)5-11-12(8)19-3-1-2-18-11/h4-6H,1-3H2,(H,16,17). The summed E-state index contributed by atoms with van der Waals surface area (Å²) < 4.78 is 16.1. The summed E-state index contributed by atoms with van der Waals surface area (Å²) in [4.78, 5) is 10.8. The lowest BCUT2D eigenvalue weighted by Crippen LogP contribution is -1.97. The van der Waals surface area contributed by atoms with Gasteiger partial charge >= 0.3 is 5.97 Å².